The predicted octanol–water partition coefficient (Wildman–Crippen LogP) is 4.15. The smallest absolute Gasteiger partial charge is 0.310 e. The molecular weight excluding hydrogens is 456 g/mol. The van der Waals surface area contributed by atoms with Gasteiger partial charge in [0.2, 0.25) is 0 Å². The molecule has 11 atom stereocenters. The van der Waals surface area contributed by atoms with Crippen LogP contribution in [0.4, 0.5) is 0 Å². The number of hydrogen-bond donors (Lipinski definition) is 5. The number of aliphatic carboxylic acids is 1. The molecule has 6 nitrogen and oxygen atoms in total. The lowest BCUT2D eigenvalue weighted by atomic mass is 9.33. The summed E-state index contributed by atoms with van der Waals surface area (Å²) in [6.07, 6.45) is 5.27. The van der Waals surface area contributed by atoms with Crippen LogP contribution in [0, 0.1) is 50.2 Å². The van der Waals surface area contributed by atoms with E-state index in [1.807, 2.05) is 6.92 Å². The molecule has 36 heavy (non-hydrogen) atoms. The van der Waals surface area contributed by atoms with Crippen LogP contribution in [0.15, 0.2) is 11.6 Å². The number of allylic oxidation sites excluding steroid dienone is 2. The summed E-state index contributed by atoms with van der Waals surface area (Å²) in [6, 6.07) is 0. The summed E-state index contributed by atoms with van der Waals surface area (Å²) in [5.74, 6) is -0.842. The Balaban J connectivity index is 1.64. The fraction of sp³-hybridized carbons (Fsp3) is 0.900. The number of carbonyl (C=O) groups is 1. The summed E-state index contributed by atoms with van der Waals surface area (Å²) in [5, 5.41) is 54.6. The topological polar surface area (TPSA) is 118 Å². The van der Waals surface area contributed by atoms with E-state index >= 15 is 0 Å². The van der Waals surface area contributed by atoms with Crippen LogP contribution in [0.25, 0.3) is 0 Å². The van der Waals surface area contributed by atoms with E-state index in [1.165, 1.54) is 5.57 Å². The van der Waals surface area contributed by atoms with Crippen molar-refractivity contribution in [2.75, 3.05) is 6.61 Å². The lowest BCUT2D eigenvalue weighted by Gasteiger charge is -2.72. The van der Waals surface area contributed by atoms with Crippen molar-refractivity contribution >= 4 is 5.97 Å². The van der Waals surface area contributed by atoms with Crippen LogP contribution >= 0.6 is 0 Å². The van der Waals surface area contributed by atoms with Crippen molar-refractivity contribution in [3.63, 3.8) is 0 Å². The zero-order valence-corrected chi connectivity index (χ0v) is 23.0. The number of hydrogen-bond acceptors (Lipinski definition) is 5. The zero-order valence-electron chi connectivity index (χ0n) is 23.0. The molecule has 6 heteroatoms. The molecule has 0 saturated heterocycles. The van der Waals surface area contributed by atoms with Crippen molar-refractivity contribution in [3.05, 3.63) is 11.6 Å². The van der Waals surface area contributed by atoms with Crippen molar-refractivity contribution in [3.8, 4) is 0 Å². The van der Waals surface area contributed by atoms with Crippen molar-refractivity contribution in [2.45, 2.75) is 111 Å². The van der Waals surface area contributed by atoms with Gasteiger partial charge in [0.15, 0.2) is 0 Å². The number of carboxylic acids is 1. The molecule has 4 fully saturated rings. The van der Waals surface area contributed by atoms with Crippen LogP contribution in [-0.2, 0) is 4.79 Å². The minimum atomic E-state index is -1.08. The SMILES string of the molecule is CC1(C)CC[C@]2(C(=O)O)CC[C@]3(C)C(=CC[C@H]4[C@@]5(C)C[C@@H](O)[C@H](O)[C@@](C)(CO)[C@@H]5[C@H](O)C[C@]43C)[C@@H]2C1. The molecule has 0 aliphatic heterocycles. The second-order valence-corrected chi connectivity index (χ2v) is 15.2. The summed E-state index contributed by atoms with van der Waals surface area (Å²) in [5.41, 5.74) is -1.32. The van der Waals surface area contributed by atoms with Gasteiger partial charge in [0.1, 0.15) is 0 Å². The van der Waals surface area contributed by atoms with E-state index in [4.69, 9.17) is 0 Å². The lowest BCUT2D eigenvalue weighted by molar-refractivity contribution is -0.273. The number of fused-ring (bicyclic) bond motifs is 7. The Hall–Kier alpha value is -0.950. The largest absolute Gasteiger partial charge is 0.481 e. The highest BCUT2D eigenvalue weighted by Crippen LogP contribution is 2.75. The fourth-order valence-corrected chi connectivity index (χ4v) is 10.9. The van der Waals surface area contributed by atoms with Crippen molar-refractivity contribution in [2.24, 2.45) is 50.2 Å². The quantitative estimate of drug-likeness (QED) is 0.361. The molecule has 0 radical (unpaired) electrons. The van der Waals surface area contributed by atoms with E-state index in [0.717, 1.165) is 32.1 Å². The maximum Gasteiger partial charge on any atom is 0.310 e. The molecule has 0 bridgehead atoms. The first-order valence-corrected chi connectivity index (χ1v) is 14.1. The van der Waals surface area contributed by atoms with Gasteiger partial charge in [0.05, 0.1) is 30.3 Å². The Kier molecular flexibility index (Phi) is 5.77. The van der Waals surface area contributed by atoms with Crippen LogP contribution in [0.2, 0.25) is 0 Å². The second-order valence-electron chi connectivity index (χ2n) is 15.2. The molecule has 0 aromatic heterocycles. The second kappa shape index (κ2) is 7.80. The third-order valence-electron chi connectivity index (χ3n) is 13.0. The highest BCUT2D eigenvalue weighted by Gasteiger charge is 2.72. The van der Waals surface area contributed by atoms with E-state index in [2.05, 4.69) is 40.7 Å². The maximum absolute atomic E-state index is 12.8. The average Bonchev–Trinajstić information content (AvgIpc) is 2.77. The molecule has 5 aliphatic rings. The molecule has 0 aromatic carbocycles. The van der Waals surface area contributed by atoms with Gasteiger partial charge in [0, 0.05) is 11.3 Å². The summed E-state index contributed by atoms with van der Waals surface area (Å²) >= 11 is 0. The predicted molar refractivity (Wildman–Crippen MR) is 137 cm³/mol. The molecule has 5 aliphatic carbocycles. The van der Waals surface area contributed by atoms with Gasteiger partial charge in [-0.2, -0.15) is 0 Å². The number of aliphatic hydroxyl groups excluding tert-OH is 4. The highest BCUT2D eigenvalue weighted by atomic mass is 16.4. The Morgan fingerprint density at radius 3 is 2.17 bits per heavy atom. The maximum atomic E-state index is 12.8. The van der Waals surface area contributed by atoms with Gasteiger partial charge in [-0.1, -0.05) is 53.2 Å². The van der Waals surface area contributed by atoms with Crippen LogP contribution in [0.1, 0.15) is 92.9 Å². The van der Waals surface area contributed by atoms with Gasteiger partial charge in [-0.15, -0.1) is 0 Å². The standard InChI is InChI=1S/C30H48O6/c1-25(2)9-11-30(24(35)36)12-10-28(5)17(18(30)13-25)7-8-21-26(3)14-20(33)23(34)27(4,16-31)22(26)19(32)15-29(21,28)6/h7,18-23,31-34H,8-16H2,1-6H3,(H,35,36)/t18-,19+,20+,21-,22+,23-,26+,27-,28+,29+,30-/m0/s1. The lowest BCUT2D eigenvalue weighted by Crippen LogP contribution is -2.71. The van der Waals surface area contributed by atoms with Gasteiger partial charge in [0.25, 0.3) is 0 Å². The van der Waals surface area contributed by atoms with Gasteiger partial charge in [-0.25, -0.2) is 0 Å². The van der Waals surface area contributed by atoms with Crippen molar-refractivity contribution < 1.29 is 30.3 Å². The van der Waals surface area contributed by atoms with Crippen molar-refractivity contribution in [1.29, 1.82) is 0 Å². The monoisotopic (exact) mass is 504 g/mol. The Labute approximate surface area is 216 Å². The Bertz CT molecular complexity index is 974. The molecule has 0 unspecified atom stereocenters. The minimum absolute atomic E-state index is 0.000534. The normalized spacial score (nSPS) is 55.9. The average molecular weight is 505 g/mol. The number of aliphatic hydroxyl groups is 4. The van der Waals surface area contributed by atoms with Crippen molar-refractivity contribution in [1.82, 2.24) is 0 Å². The molecule has 4 saturated carbocycles. The van der Waals surface area contributed by atoms with Crippen LogP contribution in [0.5, 0.6) is 0 Å². The van der Waals surface area contributed by atoms with Gasteiger partial charge < -0.3 is 25.5 Å². The molecule has 0 spiro atoms. The summed E-state index contributed by atoms with van der Waals surface area (Å²) < 4.78 is 0. The zero-order chi connectivity index (χ0) is 26.7. The number of carboxylic acid groups (broad SMARTS) is 1. The van der Waals surface area contributed by atoms with E-state index in [9.17, 15) is 30.3 Å². The summed E-state index contributed by atoms with van der Waals surface area (Å²) in [4.78, 5) is 12.8. The molecule has 0 heterocycles. The van der Waals surface area contributed by atoms with Crippen LogP contribution in [-0.4, -0.2) is 56.4 Å². The molecule has 204 valence electrons. The van der Waals surface area contributed by atoms with E-state index in [1.54, 1.807) is 0 Å². The highest BCUT2D eigenvalue weighted by molar-refractivity contribution is 5.76. The van der Waals surface area contributed by atoms with Crippen LogP contribution < -0.4 is 0 Å². The molecule has 5 rings (SSSR count). The fourth-order valence-electron chi connectivity index (χ4n) is 10.9. The Morgan fingerprint density at radius 1 is 0.917 bits per heavy atom. The minimum Gasteiger partial charge on any atom is -0.481 e. The number of rotatable bonds is 2. The molecule has 5 N–H and O–H groups in total. The van der Waals surface area contributed by atoms with Crippen LogP contribution in [0.3, 0.4) is 0 Å². The first-order valence-electron chi connectivity index (χ1n) is 14.1. The molecule has 0 amide bonds. The van der Waals surface area contributed by atoms with Gasteiger partial charge in [-0.05, 0) is 84.9 Å². The molecule has 0 aromatic rings. The van der Waals surface area contributed by atoms with Gasteiger partial charge in [-0.3, -0.25) is 4.79 Å². The van der Waals surface area contributed by atoms with Gasteiger partial charge >= 0.3 is 5.97 Å². The van der Waals surface area contributed by atoms with E-state index < -0.39 is 40.5 Å². The summed E-state index contributed by atoms with van der Waals surface area (Å²) in [7, 11) is 0. The first-order chi connectivity index (χ1) is 16.5. The third kappa shape index (κ3) is 3.08. The molecular formula is C30H48O6. The van der Waals surface area contributed by atoms with E-state index in [0.29, 0.717) is 19.3 Å². The third-order valence-corrected chi connectivity index (χ3v) is 13.0. The Morgan fingerprint density at radius 2 is 1.56 bits per heavy atom. The summed E-state index contributed by atoms with van der Waals surface area (Å²) in [6.45, 7) is 12.8. The van der Waals surface area contributed by atoms with E-state index in [-0.39, 0.29) is 40.6 Å². The first kappa shape index (κ1) is 26.6.